The molecule has 0 aliphatic heterocycles. The van der Waals surface area contributed by atoms with Crippen molar-refractivity contribution >= 4 is 21.4 Å². The van der Waals surface area contributed by atoms with Crippen LogP contribution in [0.1, 0.15) is 19.4 Å². The summed E-state index contributed by atoms with van der Waals surface area (Å²) in [4.78, 5) is 10.1. The molecule has 0 atom stereocenters. The smallest absolute Gasteiger partial charge is 0.269 e. The second-order valence-corrected chi connectivity index (χ2v) is 7.83. The van der Waals surface area contributed by atoms with E-state index in [1.165, 1.54) is 18.2 Å². The van der Waals surface area contributed by atoms with Crippen molar-refractivity contribution in [2.75, 3.05) is 10.8 Å². The quantitative estimate of drug-likeness (QED) is 0.626. The average Bonchev–Trinajstić information content (AvgIpc) is 2.55. The third kappa shape index (κ3) is 3.90. The van der Waals surface area contributed by atoms with E-state index in [-0.39, 0.29) is 34.5 Å². The fraction of sp³-hybridized carbons (Fsp3) is 0.235. The number of rotatable bonds is 6. The number of anilines is 1. The van der Waals surface area contributed by atoms with Crippen LogP contribution in [0, 0.1) is 23.0 Å². The summed E-state index contributed by atoms with van der Waals surface area (Å²) in [5.74, 6) is -0.227. The van der Waals surface area contributed by atoms with E-state index < -0.39 is 14.9 Å². The van der Waals surface area contributed by atoms with Crippen molar-refractivity contribution in [1.29, 1.82) is 0 Å². The number of non-ortho nitro benzene ring substituents is 1. The Hall–Kier alpha value is -2.61. The number of sulfonamides is 1. The predicted molar refractivity (Wildman–Crippen MR) is 95.0 cm³/mol. The van der Waals surface area contributed by atoms with Gasteiger partial charge in [-0.15, -0.1) is 0 Å². The molecule has 0 aromatic heterocycles. The zero-order valence-electron chi connectivity index (χ0n) is 13.9. The molecule has 1 N–H and O–H groups in total. The number of aromatic hydroxyl groups is 1. The van der Waals surface area contributed by atoms with E-state index in [0.717, 1.165) is 16.4 Å². The molecule has 0 aliphatic carbocycles. The maximum Gasteiger partial charge on any atom is 0.269 e. The van der Waals surface area contributed by atoms with Gasteiger partial charge in [-0.05, 0) is 36.6 Å². The highest BCUT2D eigenvalue weighted by molar-refractivity contribution is 7.92. The van der Waals surface area contributed by atoms with Crippen molar-refractivity contribution in [1.82, 2.24) is 0 Å². The first-order chi connectivity index (χ1) is 11.6. The molecule has 2 rings (SSSR count). The van der Waals surface area contributed by atoms with Crippen LogP contribution in [0.25, 0.3) is 0 Å². The molecule has 133 valence electrons. The van der Waals surface area contributed by atoms with E-state index in [4.69, 9.17) is 0 Å². The molecule has 0 bridgehead atoms. The van der Waals surface area contributed by atoms with Gasteiger partial charge in [-0.3, -0.25) is 14.4 Å². The van der Waals surface area contributed by atoms with Crippen LogP contribution in [-0.4, -0.2) is 25.0 Å². The summed E-state index contributed by atoms with van der Waals surface area (Å²) in [6, 6.07) is 9.32. The summed E-state index contributed by atoms with van der Waals surface area (Å²) in [6.07, 6.45) is 0. The monoisotopic (exact) mass is 363 g/mol. The molecular weight excluding hydrogens is 344 g/mol. The van der Waals surface area contributed by atoms with Crippen molar-refractivity contribution in [3.05, 3.63) is 65.1 Å². The van der Waals surface area contributed by atoms with E-state index in [9.17, 15) is 23.6 Å². The van der Waals surface area contributed by atoms with Gasteiger partial charge in [0.25, 0.3) is 15.7 Å². The van der Waals surface area contributed by atoms with Gasteiger partial charge in [-0.2, -0.15) is 0 Å². The Balaban J connectivity index is 2.56. The molecule has 0 spiro atoms. The molecule has 0 unspecified atom stereocenters. The lowest BCUT2D eigenvalue weighted by atomic mass is 10.1. The van der Waals surface area contributed by atoms with Crippen molar-refractivity contribution in [2.45, 2.75) is 18.7 Å². The first-order valence-electron chi connectivity index (χ1n) is 7.55. The Morgan fingerprint density at radius 2 is 1.80 bits per heavy atom. The van der Waals surface area contributed by atoms with Gasteiger partial charge in [0.05, 0.1) is 15.5 Å². The van der Waals surface area contributed by atoms with E-state index >= 15 is 0 Å². The molecule has 0 heterocycles. The molecule has 2 aromatic rings. The molecule has 2 aromatic carbocycles. The van der Waals surface area contributed by atoms with Crippen molar-refractivity contribution < 1.29 is 18.4 Å². The molecular formula is C17H19N2O5S. The number of nitrogens with zero attached hydrogens (tertiary/aromatic N) is 2. The van der Waals surface area contributed by atoms with E-state index in [1.54, 1.807) is 12.1 Å². The number of nitro benzene ring substituents is 1. The lowest BCUT2D eigenvalue weighted by Crippen LogP contribution is -2.34. The molecule has 0 fully saturated rings. The number of benzene rings is 2. The van der Waals surface area contributed by atoms with Gasteiger partial charge in [0.15, 0.2) is 0 Å². The molecule has 0 amide bonds. The Morgan fingerprint density at radius 1 is 1.20 bits per heavy atom. The molecule has 8 heteroatoms. The van der Waals surface area contributed by atoms with Crippen LogP contribution in [0.3, 0.4) is 0 Å². The van der Waals surface area contributed by atoms with Crippen LogP contribution in [0.4, 0.5) is 11.4 Å². The third-order valence-electron chi connectivity index (χ3n) is 3.53. The van der Waals surface area contributed by atoms with Gasteiger partial charge in [0.1, 0.15) is 5.75 Å². The van der Waals surface area contributed by atoms with Crippen LogP contribution in [-0.2, 0) is 10.0 Å². The maximum absolute atomic E-state index is 13.0. The molecule has 7 nitrogen and oxygen atoms in total. The first-order valence-corrected chi connectivity index (χ1v) is 8.99. The highest BCUT2D eigenvalue weighted by Gasteiger charge is 2.28. The Morgan fingerprint density at radius 3 is 2.32 bits per heavy atom. The van der Waals surface area contributed by atoms with Crippen LogP contribution >= 0.6 is 0 Å². The first kappa shape index (κ1) is 18.7. The zero-order chi connectivity index (χ0) is 18.8. The molecule has 25 heavy (non-hydrogen) atoms. The minimum atomic E-state index is -4.01. The molecule has 1 radical (unpaired) electrons. The van der Waals surface area contributed by atoms with Gasteiger partial charge in [-0.25, -0.2) is 8.42 Å². The van der Waals surface area contributed by atoms with Gasteiger partial charge in [0, 0.05) is 18.7 Å². The standard InChI is InChI=1S/C17H19N2O5S/c1-12(2)11-18(16-6-4-5-13(3)17(16)20)25(23,24)15-9-7-14(8-10-15)19(21)22/h4-10,12,20H,3,11H2,1-2H3. The number of phenols is 1. The maximum atomic E-state index is 13.0. The number of para-hydroxylation sites is 1. The number of nitro groups is 1. The molecule has 0 saturated heterocycles. The second-order valence-electron chi connectivity index (χ2n) is 5.97. The van der Waals surface area contributed by atoms with Crippen LogP contribution < -0.4 is 4.31 Å². The summed E-state index contributed by atoms with van der Waals surface area (Å²) in [5.41, 5.74) is 0.238. The molecule has 0 saturated carbocycles. The SMILES string of the molecule is [CH2]c1cccc(N(CC(C)C)S(=O)(=O)c2ccc([N+](=O)[O-])cc2)c1O. The van der Waals surface area contributed by atoms with Gasteiger partial charge < -0.3 is 5.11 Å². The van der Waals surface area contributed by atoms with Crippen LogP contribution in [0.5, 0.6) is 5.75 Å². The fourth-order valence-corrected chi connectivity index (χ4v) is 3.94. The minimum absolute atomic E-state index is 0.0132. The van der Waals surface area contributed by atoms with Crippen LogP contribution in [0.15, 0.2) is 47.4 Å². The second kappa shape index (κ2) is 7.10. The van der Waals surface area contributed by atoms with Gasteiger partial charge >= 0.3 is 0 Å². The number of hydrogen-bond acceptors (Lipinski definition) is 5. The highest BCUT2D eigenvalue weighted by atomic mass is 32.2. The Kier molecular flexibility index (Phi) is 5.32. The molecule has 0 aliphatic rings. The summed E-state index contributed by atoms with van der Waals surface area (Å²) < 4.78 is 27.2. The van der Waals surface area contributed by atoms with E-state index in [0.29, 0.717) is 5.56 Å². The fourth-order valence-electron chi connectivity index (χ4n) is 2.30. The summed E-state index contributed by atoms with van der Waals surface area (Å²) in [5, 5.41) is 21.0. The highest BCUT2D eigenvalue weighted by Crippen LogP contribution is 2.34. The van der Waals surface area contributed by atoms with E-state index in [2.05, 4.69) is 6.92 Å². The zero-order valence-corrected chi connectivity index (χ0v) is 14.7. The van der Waals surface area contributed by atoms with Crippen LogP contribution in [0.2, 0.25) is 0 Å². The third-order valence-corrected chi connectivity index (χ3v) is 5.33. The van der Waals surface area contributed by atoms with Crippen molar-refractivity contribution in [3.63, 3.8) is 0 Å². The summed E-state index contributed by atoms with van der Waals surface area (Å²) >= 11 is 0. The van der Waals surface area contributed by atoms with Crippen molar-refractivity contribution in [2.24, 2.45) is 5.92 Å². The van der Waals surface area contributed by atoms with E-state index in [1.807, 2.05) is 13.8 Å². The number of phenolic OH excluding ortho intramolecular Hbond substituents is 1. The Bertz CT molecular complexity index is 876. The average molecular weight is 363 g/mol. The lowest BCUT2D eigenvalue weighted by molar-refractivity contribution is -0.384. The lowest BCUT2D eigenvalue weighted by Gasteiger charge is -2.27. The Labute approximate surface area is 146 Å². The van der Waals surface area contributed by atoms with Gasteiger partial charge in [0.2, 0.25) is 0 Å². The summed E-state index contributed by atoms with van der Waals surface area (Å²) in [7, 11) is -4.01. The number of hydrogen-bond donors (Lipinski definition) is 1. The summed E-state index contributed by atoms with van der Waals surface area (Å²) in [6.45, 7) is 7.52. The normalized spacial score (nSPS) is 11.5. The van der Waals surface area contributed by atoms with Gasteiger partial charge in [-0.1, -0.05) is 26.0 Å². The largest absolute Gasteiger partial charge is 0.505 e. The topological polar surface area (TPSA) is 101 Å². The van der Waals surface area contributed by atoms with Crippen molar-refractivity contribution in [3.8, 4) is 5.75 Å². The predicted octanol–water partition coefficient (Wildman–Crippen LogP) is 3.33. The minimum Gasteiger partial charge on any atom is -0.505 e.